The zero-order valence-electron chi connectivity index (χ0n) is 15.0. The maximum Gasteiger partial charge on any atom is 0.275 e. The lowest BCUT2D eigenvalue weighted by Gasteiger charge is -2.34. The summed E-state index contributed by atoms with van der Waals surface area (Å²) in [5.74, 6) is 0. The highest BCUT2D eigenvalue weighted by atomic mass is 32.2. The minimum atomic E-state index is -4.30. The second kappa shape index (κ2) is 6.83. The summed E-state index contributed by atoms with van der Waals surface area (Å²) in [6.07, 6.45) is 5.01. The van der Waals surface area contributed by atoms with Gasteiger partial charge in [0.25, 0.3) is 10.1 Å². The normalized spacial score (nSPS) is 22.9. The van der Waals surface area contributed by atoms with Crippen LogP contribution < -0.4 is 0 Å². The smallest absolute Gasteiger partial charge is 0.275 e. The Hall–Kier alpha value is -2.21. The first-order valence-corrected chi connectivity index (χ1v) is 9.84. The fourth-order valence-corrected chi connectivity index (χ4v) is 4.29. The lowest BCUT2D eigenvalue weighted by atomic mass is 9.81. The van der Waals surface area contributed by atoms with Crippen molar-refractivity contribution in [3.8, 4) is 0 Å². The van der Waals surface area contributed by atoms with Crippen LogP contribution in [-0.2, 0) is 20.5 Å². The van der Waals surface area contributed by atoms with Crippen LogP contribution in [0.15, 0.2) is 66.8 Å². The molecule has 2 atom stereocenters. The van der Waals surface area contributed by atoms with E-state index >= 15 is 0 Å². The van der Waals surface area contributed by atoms with Crippen LogP contribution in [0.2, 0.25) is 0 Å². The van der Waals surface area contributed by atoms with Crippen molar-refractivity contribution in [2.45, 2.75) is 24.7 Å². The molecule has 0 bridgehead atoms. The van der Waals surface area contributed by atoms with Gasteiger partial charge in [0.1, 0.15) is 10.9 Å². The molecule has 0 saturated heterocycles. The van der Waals surface area contributed by atoms with Crippen LogP contribution in [0.3, 0.4) is 0 Å². The van der Waals surface area contributed by atoms with E-state index < -0.39 is 21.0 Å². The van der Waals surface area contributed by atoms with Crippen molar-refractivity contribution < 1.29 is 17.7 Å². The lowest BCUT2D eigenvalue weighted by molar-refractivity contribution is 0.0712. The molecular weight excluding hydrogens is 348 g/mol. The van der Waals surface area contributed by atoms with Crippen LogP contribution in [0, 0.1) is 13.8 Å². The Morgan fingerprint density at radius 2 is 1.62 bits per heavy atom. The SMILES string of the molecule is COC1(c2ccccc2C)C=CC(S(=O)(=O)O)C(c2ccccc2C)=C1. The first-order valence-electron chi connectivity index (χ1n) is 8.34. The van der Waals surface area contributed by atoms with Crippen molar-refractivity contribution in [2.75, 3.05) is 7.11 Å². The molecule has 136 valence electrons. The fourth-order valence-electron chi connectivity index (χ4n) is 3.50. The monoisotopic (exact) mass is 370 g/mol. The lowest BCUT2D eigenvalue weighted by Crippen LogP contribution is -2.32. The molecule has 2 aromatic rings. The van der Waals surface area contributed by atoms with E-state index in [1.807, 2.05) is 62.4 Å². The van der Waals surface area contributed by atoms with Gasteiger partial charge in [-0.05, 0) is 53.8 Å². The zero-order chi connectivity index (χ0) is 18.9. The number of ether oxygens (including phenoxy) is 1. The molecule has 1 aliphatic carbocycles. The van der Waals surface area contributed by atoms with Gasteiger partial charge >= 0.3 is 0 Å². The average molecular weight is 370 g/mol. The van der Waals surface area contributed by atoms with Gasteiger partial charge < -0.3 is 4.74 Å². The van der Waals surface area contributed by atoms with Crippen molar-refractivity contribution in [3.05, 3.63) is 89.0 Å². The highest BCUT2D eigenvalue weighted by molar-refractivity contribution is 7.87. The van der Waals surface area contributed by atoms with Crippen LogP contribution in [0.4, 0.5) is 0 Å². The van der Waals surface area contributed by atoms with E-state index in [9.17, 15) is 13.0 Å². The second-order valence-corrected chi connectivity index (χ2v) is 8.06. The third kappa shape index (κ3) is 3.26. The van der Waals surface area contributed by atoms with Gasteiger partial charge in [0.15, 0.2) is 0 Å². The van der Waals surface area contributed by atoms with Gasteiger partial charge in [0, 0.05) is 7.11 Å². The van der Waals surface area contributed by atoms with E-state index in [1.165, 1.54) is 6.08 Å². The Balaban J connectivity index is 2.28. The van der Waals surface area contributed by atoms with Gasteiger partial charge in [-0.1, -0.05) is 54.6 Å². The maximum atomic E-state index is 12.0. The van der Waals surface area contributed by atoms with Crippen LogP contribution in [0.1, 0.15) is 22.3 Å². The predicted molar refractivity (Wildman–Crippen MR) is 103 cm³/mol. The number of hydrogen-bond acceptors (Lipinski definition) is 3. The Kier molecular flexibility index (Phi) is 4.88. The summed E-state index contributed by atoms with van der Waals surface area (Å²) in [4.78, 5) is 0. The van der Waals surface area contributed by atoms with Crippen LogP contribution >= 0.6 is 0 Å². The van der Waals surface area contributed by atoms with Gasteiger partial charge in [-0.25, -0.2) is 0 Å². The molecule has 2 aromatic carbocycles. The van der Waals surface area contributed by atoms with Gasteiger partial charge in [-0.3, -0.25) is 4.55 Å². The van der Waals surface area contributed by atoms with Crippen LogP contribution in [0.25, 0.3) is 5.57 Å². The largest absolute Gasteiger partial charge is 0.365 e. The van der Waals surface area contributed by atoms with E-state index in [0.717, 1.165) is 22.3 Å². The first kappa shape index (κ1) is 18.6. The Bertz CT molecular complexity index is 989. The number of rotatable bonds is 4. The summed E-state index contributed by atoms with van der Waals surface area (Å²) in [6.45, 7) is 3.90. The Morgan fingerprint density at radius 3 is 2.19 bits per heavy atom. The molecule has 5 heteroatoms. The third-order valence-electron chi connectivity index (χ3n) is 4.88. The zero-order valence-corrected chi connectivity index (χ0v) is 15.8. The summed E-state index contributed by atoms with van der Waals surface area (Å²) in [7, 11) is -2.71. The molecule has 0 radical (unpaired) electrons. The van der Waals surface area contributed by atoms with Crippen molar-refractivity contribution >= 4 is 15.7 Å². The van der Waals surface area contributed by atoms with E-state index in [2.05, 4.69) is 0 Å². The van der Waals surface area contributed by atoms with E-state index in [0.29, 0.717) is 5.57 Å². The number of hydrogen-bond donors (Lipinski definition) is 1. The number of methoxy groups -OCH3 is 1. The average Bonchev–Trinajstić information content (AvgIpc) is 2.61. The summed E-state index contributed by atoms with van der Waals surface area (Å²) < 4.78 is 39.6. The predicted octanol–water partition coefficient (Wildman–Crippen LogP) is 4.05. The van der Waals surface area contributed by atoms with E-state index in [-0.39, 0.29) is 0 Å². The highest BCUT2D eigenvalue weighted by Crippen LogP contribution is 2.40. The maximum absolute atomic E-state index is 12.0. The summed E-state index contributed by atoms with van der Waals surface area (Å²) in [5, 5.41) is -1.13. The van der Waals surface area contributed by atoms with Crippen molar-refractivity contribution in [1.29, 1.82) is 0 Å². The number of aryl methyl sites for hydroxylation is 2. The van der Waals surface area contributed by atoms with Gasteiger partial charge in [0.05, 0.1) is 0 Å². The molecule has 1 N–H and O–H groups in total. The second-order valence-electron chi connectivity index (χ2n) is 6.52. The molecule has 0 aliphatic heterocycles. The molecular formula is C21H22O4S. The third-order valence-corrected chi connectivity index (χ3v) is 5.93. The summed E-state index contributed by atoms with van der Waals surface area (Å²) in [6, 6.07) is 15.3. The molecule has 4 nitrogen and oxygen atoms in total. The first-order chi connectivity index (χ1) is 12.3. The van der Waals surface area contributed by atoms with Crippen LogP contribution in [-0.4, -0.2) is 25.3 Å². The number of benzene rings is 2. The molecule has 0 amide bonds. The minimum Gasteiger partial charge on any atom is -0.365 e. The highest BCUT2D eigenvalue weighted by Gasteiger charge is 2.38. The summed E-state index contributed by atoms with van der Waals surface area (Å²) >= 11 is 0. The van der Waals surface area contributed by atoms with Crippen LogP contribution in [0.5, 0.6) is 0 Å². The molecule has 26 heavy (non-hydrogen) atoms. The van der Waals surface area contributed by atoms with Gasteiger partial charge in [0.2, 0.25) is 0 Å². The van der Waals surface area contributed by atoms with Crippen molar-refractivity contribution in [3.63, 3.8) is 0 Å². The van der Waals surface area contributed by atoms with E-state index in [1.54, 1.807) is 19.3 Å². The molecule has 0 saturated carbocycles. The minimum absolute atomic E-state index is 0.512. The van der Waals surface area contributed by atoms with Gasteiger partial charge in [-0.15, -0.1) is 0 Å². The molecule has 2 unspecified atom stereocenters. The van der Waals surface area contributed by atoms with Crippen molar-refractivity contribution in [2.24, 2.45) is 0 Å². The molecule has 0 aromatic heterocycles. The Morgan fingerprint density at radius 1 is 1.00 bits per heavy atom. The summed E-state index contributed by atoms with van der Waals surface area (Å²) in [5.41, 5.74) is 3.28. The standard InChI is InChI=1S/C21H22O4S/c1-15-8-4-6-10-17(15)18-14-21(25-3,13-12-20(18)26(22,23)24)19-11-7-5-9-16(19)2/h4-14,20H,1-3H3,(H,22,23,24). The Labute approximate surface area is 154 Å². The molecule has 0 fully saturated rings. The molecule has 0 heterocycles. The molecule has 1 aliphatic rings. The van der Waals surface area contributed by atoms with Crippen molar-refractivity contribution in [1.82, 2.24) is 0 Å². The fraction of sp³-hybridized carbons (Fsp3) is 0.238. The van der Waals surface area contributed by atoms with E-state index in [4.69, 9.17) is 4.74 Å². The molecule has 3 rings (SSSR count). The quantitative estimate of drug-likeness (QED) is 0.651. The topological polar surface area (TPSA) is 63.6 Å². The van der Waals surface area contributed by atoms with Gasteiger partial charge in [-0.2, -0.15) is 8.42 Å². The molecule has 0 spiro atoms.